The standard InChI is InChI=1S/C20H23N3O4/c1-21(15-7-5-4-6-8-15)19(24)14-22-11-12-23(20(22)25)17-13-16(26-2)9-10-18(17)27-3/h4-10,13H,11-12,14H2,1-3H3. The van der Waals surface area contributed by atoms with Crippen molar-refractivity contribution in [3.8, 4) is 11.5 Å². The van der Waals surface area contributed by atoms with Gasteiger partial charge in [-0.2, -0.15) is 0 Å². The molecule has 0 aliphatic carbocycles. The van der Waals surface area contributed by atoms with Crippen LogP contribution in [0.4, 0.5) is 16.2 Å². The molecule has 0 aromatic heterocycles. The molecule has 0 saturated carbocycles. The molecule has 1 aliphatic rings. The number of para-hydroxylation sites is 1. The average Bonchev–Trinajstić information content (AvgIpc) is 3.07. The summed E-state index contributed by atoms with van der Waals surface area (Å²) in [6.45, 7) is 0.964. The number of carbonyl (C=O) groups excluding carboxylic acids is 2. The smallest absolute Gasteiger partial charge is 0.325 e. The first-order valence-electron chi connectivity index (χ1n) is 8.65. The zero-order chi connectivity index (χ0) is 19.4. The van der Waals surface area contributed by atoms with Gasteiger partial charge in [0.05, 0.1) is 19.9 Å². The maximum Gasteiger partial charge on any atom is 0.325 e. The summed E-state index contributed by atoms with van der Waals surface area (Å²) in [4.78, 5) is 30.1. The predicted molar refractivity (Wildman–Crippen MR) is 104 cm³/mol. The molecule has 0 radical (unpaired) electrons. The number of nitrogens with zero attached hydrogens (tertiary/aromatic N) is 3. The molecule has 0 N–H and O–H groups in total. The number of amides is 3. The number of carbonyl (C=O) groups is 2. The van der Waals surface area contributed by atoms with Gasteiger partial charge in [0.2, 0.25) is 5.91 Å². The molecule has 0 unspecified atom stereocenters. The van der Waals surface area contributed by atoms with Gasteiger partial charge in [-0.1, -0.05) is 18.2 Å². The number of benzene rings is 2. The Labute approximate surface area is 158 Å². The van der Waals surface area contributed by atoms with Crippen LogP contribution in [-0.2, 0) is 4.79 Å². The van der Waals surface area contributed by atoms with Crippen LogP contribution in [0.15, 0.2) is 48.5 Å². The highest BCUT2D eigenvalue weighted by atomic mass is 16.5. The molecule has 1 heterocycles. The topological polar surface area (TPSA) is 62.3 Å². The van der Waals surface area contributed by atoms with Crippen LogP contribution in [0.2, 0.25) is 0 Å². The second kappa shape index (κ2) is 7.99. The van der Waals surface area contributed by atoms with Crippen molar-refractivity contribution in [3.05, 3.63) is 48.5 Å². The third-order valence-corrected chi connectivity index (χ3v) is 4.62. The van der Waals surface area contributed by atoms with E-state index in [9.17, 15) is 9.59 Å². The van der Waals surface area contributed by atoms with Crippen molar-refractivity contribution in [3.63, 3.8) is 0 Å². The number of likely N-dealkylation sites (N-methyl/N-ethyl adjacent to an activating group) is 1. The molecular formula is C20H23N3O4. The number of rotatable bonds is 6. The lowest BCUT2D eigenvalue weighted by molar-refractivity contribution is -0.118. The monoisotopic (exact) mass is 369 g/mol. The van der Waals surface area contributed by atoms with E-state index in [0.717, 1.165) is 5.69 Å². The minimum atomic E-state index is -0.226. The summed E-state index contributed by atoms with van der Waals surface area (Å²) in [6.07, 6.45) is 0. The zero-order valence-corrected chi connectivity index (χ0v) is 15.7. The number of ether oxygens (including phenoxy) is 2. The summed E-state index contributed by atoms with van der Waals surface area (Å²) in [5.74, 6) is 1.07. The number of anilines is 2. The number of hydrogen-bond acceptors (Lipinski definition) is 4. The molecule has 1 fully saturated rings. The van der Waals surface area contributed by atoms with Crippen LogP contribution >= 0.6 is 0 Å². The van der Waals surface area contributed by atoms with Crippen LogP contribution in [0, 0.1) is 0 Å². The van der Waals surface area contributed by atoms with E-state index >= 15 is 0 Å². The Morgan fingerprint density at radius 1 is 1.07 bits per heavy atom. The molecule has 3 amide bonds. The Morgan fingerprint density at radius 2 is 1.81 bits per heavy atom. The van der Waals surface area contributed by atoms with E-state index in [0.29, 0.717) is 30.3 Å². The lowest BCUT2D eigenvalue weighted by Crippen LogP contribution is -2.40. The van der Waals surface area contributed by atoms with Crippen molar-refractivity contribution in [1.82, 2.24) is 4.90 Å². The van der Waals surface area contributed by atoms with E-state index < -0.39 is 0 Å². The first-order chi connectivity index (χ1) is 13.0. The van der Waals surface area contributed by atoms with Gasteiger partial charge in [0.1, 0.15) is 18.0 Å². The highest BCUT2D eigenvalue weighted by Crippen LogP contribution is 2.34. The summed E-state index contributed by atoms with van der Waals surface area (Å²) in [7, 11) is 4.84. The van der Waals surface area contributed by atoms with Gasteiger partial charge in [0.15, 0.2) is 0 Å². The third kappa shape index (κ3) is 3.81. The number of methoxy groups -OCH3 is 2. The van der Waals surface area contributed by atoms with Crippen LogP contribution in [0.25, 0.3) is 0 Å². The van der Waals surface area contributed by atoms with E-state index in [4.69, 9.17) is 9.47 Å². The quantitative estimate of drug-likeness (QED) is 0.785. The van der Waals surface area contributed by atoms with Gasteiger partial charge in [-0.05, 0) is 24.3 Å². The number of hydrogen-bond donors (Lipinski definition) is 0. The second-order valence-electron chi connectivity index (χ2n) is 6.18. The van der Waals surface area contributed by atoms with E-state index in [2.05, 4.69) is 0 Å². The lowest BCUT2D eigenvalue weighted by Gasteiger charge is -2.23. The number of urea groups is 1. The maximum absolute atomic E-state index is 12.9. The van der Waals surface area contributed by atoms with E-state index in [1.54, 1.807) is 54.2 Å². The minimum Gasteiger partial charge on any atom is -0.497 e. The summed E-state index contributed by atoms with van der Waals surface area (Å²) in [5, 5.41) is 0. The second-order valence-corrected chi connectivity index (χ2v) is 6.18. The SMILES string of the molecule is COc1ccc(OC)c(N2CCN(CC(=O)N(C)c3ccccc3)C2=O)c1. The molecule has 1 saturated heterocycles. The summed E-state index contributed by atoms with van der Waals surface area (Å²) in [6, 6.07) is 14.4. The molecule has 142 valence electrons. The molecule has 0 atom stereocenters. The van der Waals surface area contributed by atoms with Gasteiger partial charge in [-0.3, -0.25) is 9.69 Å². The fourth-order valence-electron chi connectivity index (χ4n) is 3.03. The van der Waals surface area contributed by atoms with E-state index in [1.807, 2.05) is 30.3 Å². The molecule has 1 aliphatic heterocycles. The van der Waals surface area contributed by atoms with Crippen LogP contribution in [0.3, 0.4) is 0 Å². The molecule has 27 heavy (non-hydrogen) atoms. The largest absolute Gasteiger partial charge is 0.497 e. The molecule has 0 bridgehead atoms. The van der Waals surface area contributed by atoms with Crippen molar-refractivity contribution in [2.45, 2.75) is 0 Å². The average molecular weight is 369 g/mol. The van der Waals surface area contributed by atoms with Crippen LogP contribution in [0.5, 0.6) is 11.5 Å². The third-order valence-electron chi connectivity index (χ3n) is 4.62. The van der Waals surface area contributed by atoms with E-state index in [-0.39, 0.29) is 18.5 Å². The van der Waals surface area contributed by atoms with Gasteiger partial charge in [0.25, 0.3) is 0 Å². The van der Waals surface area contributed by atoms with Crippen molar-refractivity contribution >= 4 is 23.3 Å². The summed E-state index contributed by atoms with van der Waals surface area (Å²) in [5.41, 5.74) is 1.42. The Kier molecular flexibility index (Phi) is 5.49. The molecule has 2 aromatic rings. The highest BCUT2D eigenvalue weighted by Gasteiger charge is 2.33. The first kappa shape index (κ1) is 18.6. The fourth-order valence-corrected chi connectivity index (χ4v) is 3.03. The van der Waals surface area contributed by atoms with Crippen molar-refractivity contribution in [2.24, 2.45) is 0 Å². The molecule has 3 rings (SSSR count). The van der Waals surface area contributed by atoms with Gasteiger partial charge in [-0.25, -0.2) is 4.79 Å². The molecule has 7 nitrogen and oxygen atoms in total. The predicted octanol–water partition coefficient (Wildman–Crippen LogP) is 2.61. The lowest BCUT2D eigenvalue weighted by atomic mass is 10.2. The van der Waals surface area contributed by atoms with Crippen molar-refractivity contribution < 1.29 is 19.1 Å². The van der Waals surface area contributed by atoms with Crippen LogP contribution in [-0.4, -0.2) is 57.7 Å². The molecule has 7 heteroatoms. The van der Waals surface area contributed by atoms with Gasteiger partial charge < -0.3 is 19.3 Å². The zero-order valence-electron chi connectivity index (χ0n) is 15.7. The first-order valence-corrected chi connectivity index (χ1v) is 8.65. The summed E-state index contributed by atoms with van der Waals surface area (Å²) < 4.78 is 10.6. The van der Waals surface area contributed by atoms with Crippen molar-refractivity contribution in [1.29, 1.82) is 0 Å². The maximum atomic E-state index is 12.9. The van der Waals surface area contributed by atoms with Gasteiger partial charge in [0, 0.05) is 31.9 Å². The Morgan fingerprint density at radius 3 is 2.48 bits per heavy atom. The molecule has 0 spiro atoms. The molecular weight excluding hydrogens is 346 g/mol. The normalized spacial score (nSPS) is 13.7. The minimum absolute atomic E-state index is 0.0208. The van der Waals surface area contributed by atoms with Crippen LogP contribution < -0.4 is 19.3 Å². The molecule has 2 aromatic carbocycles. The Hall–Kier alpha value is -3.22. The van der Waals surface area contributed by atoms with Crippen molar-refractivity contribution in [2.75, 3.05) is 50.7 Å². The summed E-state index contributed by atoms with van der Waals surface area (Å²) >= 11 is 0. The fraction of sp³-hybridized carbons (Fsp3) is 0.300. The van der Waals surface area contributed by atoms with Crippen LogP contribution in [0.1, 0.15) is 0 Å². The Bertz CT molecular complexity index is 825. The van der Waals surface area contributed by atoms with Gasteiger partial charge in [-0.15, -0.1) is 0 Å². The Balaban J connectivity index is 1.73. The highest BCUT2D eigenvalue weighted by molar-refractivity contribution is 6.01. The van der Waals surface area contributed by atoms with Gasteiger partial charge >= 0.3 is 6.03 Å². The van der Waals surface area contributed by atoms with E-state index in [1.165, 1.54) is 0 Å².